The molecule has 0 bridgehead atoms. The number of phenols is 1. The zero-order valence-electron chi connectivity index (χ0n) is 16.4. The van der Waals surface area contributed by atoms with Gasteiger partial charge in [-0.05, 0) is 29.3 Å². The summed E-state index contributed by atoms with van der Waals surface area (Å²) in [6.45, 7) is 4.77. The summed E-state index contributed by atoms with van der Waals surface area (Å²) >= 11 is 0. The zero-order chi connectivity index (χ0) is 19.6. The SMILES string of the molecule is Oc1ccc2c(c1)OC[C@H](c1ccccc1)C2c1ccc(N2CCNCC2)cc1. The van der Waals surface area contributed by atoms with Crippen LogP contribution in [0.5, 0.6) is 11.5 Å². The van der Waals surface area contributed by atoms with Crippen LogP contribution in [0.1, 0.15) is 28.5 Å². The minimum atomic E-state index is 0.193. The zero-order valence-corrected chi connectivity index (χ0v) is 16.4. The van der Waals surface area contributed by atoms with E-state index in [4.69, 9.17) is 4.74 Å². The standard InChI is InChI=1S/C25H26N2O2/c28-21-10-11-22-24(16-21)29-17-23(18-4-2-1-3-5-18)25(22)19-6-8-20(9-7-19)27-14-12-26-13-15-27/h1-11,16,23,25-26,28H,12-15,17H2/t23-,25?/m1/s1. The summed E-state index contributed by atoms with van der Waals surface area (Å²) in [5, 5.41) is 13.3. The van der Waals surface area contributed by atoms with Crippen LogP contribution in [0.2, 0.25) is 0 Å². The summed E-state index contributed by atoms with van der Waals surface area (Å²) in [4.78, 5) is 2.44. The van der Waals surface area contributed by atoms with E-state index in [-0.39, 0.29) is 17.6 Å². The molecule has 0 saturated carbocycles. The Balaban J connectivity index is 1.53. The molecule has 0 amide bonds. The molecular weight excluding hydrogens is 360 g/mol. The highest BCUT2D eigenvalue weighted by molar-refractivity contribution is 5.54. The van der Waals surface area contributed by atoms with Gasteiger partial charge in [0.2, 0.25) is 0 Å². The summed E-state index contributed by atoms with van der Waals surface area (Å²) in [5.74, 6) is 1.46. The van der Waals surface area contributed by atoms with E-state index >= 15 is 0 Å². The highest BCUT2D eigenvalue weighted by Gasteiger charge is 2.33. The Morgan fingerprint density at radius 2 is 1.62 bits per heavy atom. The van der Waals surface area contributed by atoms with Crippen LogP contribution in [0.4, 0.5) is 5.69 Å². The fourth-order valence-corrected chi connectivity index (χ4v) is 4.61. The maximum absolute atomic E-state index is 9.92. The first-order valence-electron chi connectivity index (χ1n) is 10.4. The highest BCUT2D eigenvalue weighted by Crippen LogP contribution is 2.47. The third-order valence-corrected chi connectivity index (χ3v) is 6.12. The minimum absolute atomic E-state index is 0.193. The molecule has 0 radical (unpaired) electrons. The van der Waals surface area contributed by atoms with Gasteiger partial charge >= 0.3 is 0 Å². The van der Waals surface area contributed by atoms with E-state index in [2.05, 4.69) is 64.8 Å². The van der Waals surface area contributed by atoms with Crippen LogP contribution in [0, 0.1) is 0 Å². The van der Waals surface area contributed by atoms with Crippen LogP contribution >= 0.6 is 0 Å². The number of hydrogen-bond acceptors (Lipinski definition) is 4. The van der Waals surface area contributed by atoms with Gasteiger partial charge in [-0.3, -0.25) is 0 Å². The maximum atomic E-state index is 9.92. The number of hydrogen-bond donors (Lipinski definition) is 2. The maximum Gasteiger partial charge on any atom is 0.126 e. The monoisotopic (exact) mass is 386 g/mol. The molecule has 3 aromatic carbocycles. The van der Waals surface area contributed by atoms with Crippen LogP contribution in [0.3, 0.4) is 0 Å². The van der Waals surface area contributed by atoms with Crippen molar-refractivity contribution in [3.05, 3.63) is 89.5 Å². The minimum Gasteiger partial charge on any atom is -0.508 e. The van der Waals surface area contributed by atoms with Crippen molar-refractivity contribution in [2.75, 3.05) is 37.7 Å². The third-order valence-electron chi connectivity index (χ3n) is 6.12. The van der Waals surface area contributed by atoms with Crippen molar-refractivity contribution in [2.24, 2.45) is 0 Å². The second-order valence-corrected chi connectivity index (χ2v) is 7.86. The van der Waals surface area contributed by atoms with Gasteiger partial charge in [0, 0.05) is 55.3 Å². The lowest BCUT2D eigenvalue weighted by Gasteiger charge is -2.35. The van der Waals surface area contributed by atoms with Crippen molar-refractivity contribution in [1.82, 2.24) is 5.32 Å². The van der Waals surface area contributed by atoms with E-state index in [9.17, 15) is 5.11 Å². The van der Waals surface area contributed by atoms with Crippen LogP contribution in [-0.4, -0.2) is 37.9 Å². The summed E-state index contributed by atoms with van der Waals surface area (Å²) in [5.41, 5.74) is 4.98. The number of fused-ring (bicyclic) bond motifs is 1. The fourth-order valence-electron chi connectivity index (χ4n) is 4.61. The third kappa shape index (κ3) is 3.56. The number of nitrogens with zero attached hydrogens (tertiary/aromatic N) is 1. The molecule has 2 aliphatic rings. The summed E-state index contributed by atoms with van der Waals surface area (Å²) in [7, 11) is 0. The number of anilines is 1. The lowest BCUT2D eigenvalue weighted by atomic mass is 9.76. The first-order valence-corrected chi connectivity index (χ1v) is 10.4. The number of phenolic OH excluding ortho intramolecular Hbond substituents is 1. The molecule has 0 spiro atoms. The Morgan fingerprint density at radius 1 is 0.862 bits per heavy atom. The van der Waals surface area contributed by atoms with Crippen LogP contribution < -0.4 is 15.0 Å². The van der Waals surface area contributed by atoms with Crippen LogP contribution in [0.15, 0.2) is 72.8 Å². The molecule has 4 nitrogen and oxygen atoms in total. The van der Waals surface area contributed by atoms with Gasteiger partial charge in [-0.25, -0.2) is 0 Å². The highest BCUT2D eigenvalue weighted by atomic mass is 16.5. The molecule has 0 aromatic heterocycles. The van der Waals surface area contributed by atoms with Crippen molar-refractivity contribution in [3.63, 3.8) is 0 Å². The van der Waals surface area contributed by atoms with Crippen LogP contribution in [-0.2, 0) is 0 Å². The van der Waals surface area contributed by atoms with E-state index in [0.29, 0.717) is 6.61 Å². The van der Waals surface area contributed by atoms with Gasteiger partial charge in [0.1, 0.15) is 11.5 Å². The quantitative estimate of drug-likeness (QED) is 0.711. The molecule has 148 valence electrons. The number of piperazine rings is 1. The summed E-state index contributed by atoms with van der Waals surface area (Å²) in [6.07, 6.45) is 0. The summed E-state index contributed by atoms with van der Waals surface area (Å²) in [6, 6.07) is 25.1. The van der Waals surface area contributed by atoms with Gasteiger partial charge in [0.15, 0.2) is 0 Å². The van der Waals surface area contributed by atoms with E-state index in [0.717, 1.165) is 37.5 Å². The number of nitrogens with one attached hydrogen (secondary N) is 1. The van der Waals surface area contributed by atoms with Crippen LogP contribution in [0.25, 0.3) is 0 Å². The molecule has 1 fully saturated rings. The fraction of sp³-hybridized carbons (Fsp3) is 0.280. The molecule has 2 N–H and O–H groups in total. The molecule has 4 heteroatoms. The molecule has 1 unspecified atom stereocenters. The van der Waals surface area contributed by atoms with Crippen molar-refractivity contribution in [1.29, 1.82) is 0 Å². The number of rotatable bonds is 3. The Kier molecular flexibility index (Phi) is 4.86. The Labute approximate surface area is 171 Å². The molecule has 2 heterocycles. The normalized spacial score (nSPS) is 21.3. The van der Waals surface area contributed by atoms with Gasteiger partial charge in [-0.15, -0.1) is 0 Å². The average molecular weight is 386 g/mol. The predicted octanol–water partition coefficient (Wildman–Crippen LogP) is 4.11. The first-order chi connectivity index (χ1) is 14.3. The molecule has 5 rings (SSSR count). The molecule has 2 atom stereocenters. The van der Waals surface area contributed by atoms with Gasteiger partial charge in [-0.2, -0.15) is 0 Å². The van der Waals surface area contributed by atoms with E-state index in [1.807, 2.05) is 6.07 Å². The second-order valence-electron chi connectivity index (χ2n) is 7.86. The largest absolute Gasteiger partial charge is 0.508 e. The van der Waals surface area contributed by atoms with E-state index in [1.54, 1.807) is 12.1 Å². The molecule has 1 saturated heterocycles. The van der Waals surface area contributed by atoms with Gasteiger partial charge in [0.05, 0.1) is 6.61 Å². The van der Waals surface area contributed by atoms with Crippen molar-refractivity contribution in [2.45, 2.75) is 11.8 Å². The van der Waals surface area contributed by atoms with Crippen molar-refractivity contribution in [3.8, 4) is 11.5 Å². The van der Waals surface area contributed by atoms with Gasteiger partial charge in [0.25, 0.3) is 0 Å². The number of ether oxygens (including phenoxy) is 1. The lowest BCUT2D eigenvalue weighted by molar-refractivity contribution is 0.248. The molecule has 0 aliphatic carbocycles. The first kappa shape index (κ1) is 18.1. The smallest absolute Gasteiger partial charge is 0.126 e. The average Bonchev–Trinajstić information content (AvgIpc) is 2.79. The number of aromatic hydroxyl groups is 1. The van der Waals surface area contributed by atoms with Gasteiger partial charge in [-0.1, -0.05) is 48.5 Å². The lowest BCUT2D eigenvalue weighted by Crippen LogP contribution is -2.43. The predicted molar refractivity (Wildman–Crippen MR) is 116 cm³/mol. The Bertz CT molecular complexity index is 966. The molecular formula is C25H26N2O2. The van der Waals surface area contributed by atoms with Crippen molar-refractivity contribution >= 4 is 5.69 Å². The van der Waals surface area contributed by atoms with Gasteiger partial charge < -0.3 is 20.1 Å². The topological polar surface area (TPSA) is 44.7 Å². The second kappa shape index (κ2) is 7.80. The molecule has 2 aliphatic heterocycles. The van der Waals surface area contributed by atoms with E-state index < -0.39 is 0 Å². The Hall–Kier alpha value is -2.98. The molecule has 29 heavy (non-hydrogen) atoms. The number of benzene rings is 3. The summed E-state index contributed by atoms with van der Waals surface area (Å²) < 4.78 is 6.07. The Morgan fingerprint density at radius 3 is 2.38 bits per heavy atom. The molecule has 3 aromatic rings. The van der Waals surface area contributed by atoms with E-state index in [1.165, 1.54) is 16.8 Å². The van der Waals surface area contributed by atoms with Crippen molar-refractivity contribution < 1.29 is 9.84 Å².